The Bertz CT molecular complexity index is 1330. The zero-order chi connectivity index (χ0) is 22.9. The molecule has 1 aliphatic heterocycles. The van der Waals surface area contributed by atoms with Crippen LogP contribution in [-0.2, 0) is 18.8 Å². The van der Waals surface area contributed by atoms with Crippen LogP contribution in [0.5, 0.6) is 11.6 Å². The smallest absolute Gasteiger partial charge is 0.227 e. The first-order valence-corrected chi connectivity index (χ1v) is 12.0. The van der Waals surface area contributed by atoms with Gasteiger partial charge in [-0.05, 0) is 31.5 Å². The molecule has 0 fully saturated rings. The first-order chi connectivity index (χ1) is 16.0. The molecule has 0 unspecified atom stereocenters. The van der Waals surface area contributed by atoms with E-state index in [2.05, 4.69) is 24.0 Å². The predicted molar refractivity (Wildman–Crippen MR) is 131 cm³/mol. The summed E-state index contributed by atoms with van der Waals surface area (Å²) < 4.78 is 6.29. The summed E-state index contributed by atoms with van der Waals surface area (Å²) in [6.45, 7) is 3.87. The van der Waals surface area contributed by atoms with E-state index in [-0.39, 0.29) is 6.61 Å². The lowest BCUT2D eigenvalue weighted by atomic mass is 9.99. The third-order valence-electron chi connectivity index (χ3n) is 5.66. The molecule has 0 amide bonds. The molecule has 0 aliphatic carbocycles. The molecule has 0 bridgehead atoms. The number of hydrogen-bond donors (Lipinski definition) is 1. The fourth-order valence-corrected chi connectivity index (χ4v) is 4.88. The molecule has 166 valence electrons. The van der Waals surface area contributed by atoms with Gasteiger partial charge in [-0.3, -0.25) is 4.98 Å². The van der Waals surface area contributed by atoms with Crippen LogP contribution >= 0.6 is 23.4 Å². The normalized spacial score (nSPS) is 12.1. The van der Waals surface area contributed by atoms with E-state index in [9.17, 15) is 5.11 Å². The van der Waals surface area contributed by atoms with Gasteiger partial charge in [-0.15, -0.1) is 11.8 Å². The van der Waals surface area contributed by atoms with Crippen molar-refractivity contribution in [2.75, 3.05) is 0 Å². The van der Waals surface area contributed by atoms with Crippen molar-refractivity contribution in [3.8, 4) is 23.0 Å². The highest BCUT2D eigenvalue weighted by Gasteiger charge is 2.27. The van der Waals surface area contributed by atoms with Crippen LogP contribution in [-0.4, -0.2) is 20.1 Å². The number of fused-ring (bicyclic) bond motifs is 2. The van der Waals surface area contributed by atoms with E-state index in [0.717, 1.165) is 49.3 Å². The minimum absolute atomic E-state index is 0.0934. The number of aliphatic hydroxyl groups excluding tert-OH is 1. The summed E-state index contributed by atoms with van der Waals surface area (Å²) in [5, 5.41) is 11.4. The highest BCUT2D eigenvalue weighted by atomic mass is 35.5. The first-order valence-electron chi connectivity index (χ1n) is 10.6. The van der Waals surface area contributed by atoms with Gasteiger partial charge >= 0.3 is 0 Å². The number of aryl methyl sites for hydroxylation is 2. The zero-order valence-corrected chi connectivity index (χ0v) is 19.9. The molecule has 3 heterocycles. The summed E-state index contributed by atoms with van der Waals surface area (Å²) in [7, 11) is 0. The van der Waals surface area contributed by atoms with Crippen molar-refractivity contribution in [3.63, 3.8) is 0 Å². The maximum Gasteiger partial charge on any atom is 0.227 e. The molecule has 0 atom stereocenters. The second kappa shape index (κ2) is 9.14. The Kier molecular flexibility index (Phi) is 6.06. The standard InChI is InChI=1S/C26H22ClN3O2S/c1-15-3-7-18(8-4-15)24-29-25-22(11-21-19(13-31)12-28-16(2)23(21)32-25)26(30-24)33-14-17-5-9-20(27)10-6-17/h3-10,12,31H,11,13-14H2,1-2H3. The van der Waals surface area contributed by atoms with Crippen molar-refractivity contribution in [1.29, 1.82) is 0 Å². The molecule has 4 aromatic rings. The lowest BCUT2D eigenvalue weighted by Gasteiger charge is -2.24. The number of benzene rings is 2. The highest BCUT2D eigenvalue weighted by molar-refractivity contribution is 7.98. The van der Waals surface area contributed by atoms with Crippen LogP contribution in [0.1, 0.15) is 33.5 Å². The van der Waals surface area contributed by atoms with Crippen LogP contribution in [0, 0.1) is 13.8 Å². The topological polar surface area (TPSA) is 68.1 Å². The van der Waals surface area contributed by atoms with Crippen LogP contribution in [0.2, 0.25) is 5.02 Å². The second-order valence-corrected chi connectivity index (χ2v) is 9.43. The molecule has 0 spiro atoms. The van der Waals surface area contributed by atoms with E-state index in [1.54, 1.807) is 18.0 Å². The van der Waals surface area contributed by atoms with Gasteiger partial charge in [0.1, 0.15) is 5.03 Å². The van der Waals surface area contributed by atoms with Gasteiger partial charge in [0, 0.05) is 40.1 Å². The highest BCUT2D eigenvalue weighted by Crippen LogP contribution is 2.43. The minimum atomic E-state index is -0.0934. The van der Waals surface area contributed by atoms with Gasteiger partial charge in [-0.1, -0.05) is 53.6 Å². The van der Waals surface area contributed by atoms with Crippen molar-refractivity contribution in [2.24, 2.45) is 0 Å². The minimum Gasteiger partial charge on any atom is -0.436 e. The Labute approximate surface area is 201 Å². The summed E-state index contributed by atoms with van der Waals surface area (Å²) in [6.07, 6.45) is 2.30. The second-order valence-electron chi connectivity index (χ2n) is 8.03. The molecule has 0 saturated carbocycles. The molecular formula is C26H22ClN3O2S. The summed E-state index contributed by atoms with van der Waals surface area (Å²) >= 11 is 7.69. The largest absolute Gasteiger partial charge is 0.436 e. The molecule has 2 aromatic heterocycles. The number of rotatable bonds is 5. The number of hydrogen-bond acceptors (Lipinski definition) is 6. The van der Waals surface area contributed by atoms with Crippen LogP contribution < -0.4 is 4.74 Å². The van der Waals surface area contributed by atoms with Gasteiger partial charge in [0.2, 0.25) is 5.88 Å². The summed E-state index contributed by atoms with van der Waals surface area (Å²) in [5.41, 5.74) is 6.68. The molecule has 0 saturated heterocycles. The molecule has 2 aromatic carbocycles. The maximum atomic E-state index is 9.85. The first kappa shape index (κ1) is 21.9. The number of pyridine rings is 1. The van der Waals surface area contributed by atoms with Gasteiger partial charge in [0.05, 0.1) is 17.9 Å². The van der Waals surface area contributed by atoms with E-state index < -0.39 is 0 Å². The Morgan fingerprint density at radius 2 is 1.76 bits per heavy atom. The molecule has 0 radical (unpaired) electrons. The zero-order valence-electron chi connectivity index (χ0n) is 18.3. The molecule has 5 nitrogen and oxygen atoms in total. The third-order valence-corrected chi connectivity index (χ3v) is 7.00. The molecular weight excluding hydrogens is 454 g/mol. The van der Waals surface area contributed by atoms with Gasteiger partial charge in [0.25, 0.3) is 0 Å². The number of ether oxygens (including phenoxy) is 1. The lowest BCUT2D eigenvalue weighted by Crippen LogP contribution is -2.13. The van der Waals surface area contributed by atoms with Crippen LogP contribution in [0.3, 0.4) is 0 Å². The van der Waals surface area contributed by atoms with E-state index in [1.165, 1.54) is 5.56 Å². The molecule has 5 rings (SSSR count). The van der Waals surface area contributed by atoms with Crippen molar-refractivity contribution in [1.82, 2.24) is 15.0 Å². The number of thioether (sulfide) groups is 1. The van der Waals surface area contributed by atoms with E-state index in [4.69, 9.17) is 26.3 Å². The average molecular weight is 476 g/mol. The monoisotopic (exact) mass is 475 g/mol. The van der Waals surface area contributed by atoms with Crippen LogP contribution in [0.4, 0.5) is 0 Å². The quantitative estimate of drug-likeness (QED) is 0.238. The summed E-state index contributed by atoms with van der Waals surface area (Å²) in [5.74, 6) is 2.59. The Morgan fingerprint density at radius 3 is 2.48 bits per heavy atom. The maximum absolute atomic E-state index is 9.85. The van der Waals surface area contributed by atoms with E-state index in [1.807, 2.05) is 43.3 Å². The predicted octanol–water partition coefficient (Wildman–Crippen LogP) is 6.29. The van der Waals surface area contributed by atoms with E-state index >= 15 is 0 Å². The number of nitrogens with zero attached hydrogens (tertiary/aromatic N) is 3. The average Bonchev–Trinajstić information content (AvgIpc) is 2.83. The fraction of sp³-hybridized carbons (Fsp3) is 0.192. The van der Waals surface area contributed by atoms with Gasteiger partial charge in [0.15, 0.2) is 11.6 Å². The van der Waals surface area contributed by atoms with Crippen molar-refractivity contribution in [2.45, 2.75) is 37.7 Å². The molecule has 1 aliphatic rings. The number of halogens is 1. The van der Waals surface area contributed by atoms with E-state index in [0.29, 0.717) is 23.9 Å². The van der Waals surface area contributed by atoms with Gasteiger partial charge in [-0.2, -0.15) is 4.98 Å². The summed E-state index contributed by atoms with van der Waals surface area (Å²) in [6, 6.07) is 16.0. The Hall–Kier alpha value is -2.93. The lowest BCUT2D eigenvalue weighted by molar-refractivity contribution is 0.278. The Morgan fingerprint density at radius 1 is 1.00 bits per heavy atom. The van der Waals surface area contributed by atoms with Crippen molar-refractivity contribution in [3.05, 3.63) is 93.3 Å². The van der Waals surface area contributed by atoms with Crippen molar-refractivity contribution < 1.29 is 9.84 Å². The fourth-order valence-electron chi connectivity index (χ4n) is 3.78. The van der Waals surface area contributed by atoms with Crippen LogP contribution in [0.15, 0.2) is 59.8 Å². The SMILES string of the molecule is Cc1ccc(-c2nc3c(c(SCc4ccc(Cl)cc4)n2)Cc2c(CO)cnc(C)c2O3)cc1. The van der Waals surface area contributed by atoms with Crippen molar-refractivity contribution >= 4 is 23.4 Å². The Balaban J connectivity index is 1.58. The molecule has 1 N–H and O–H groups in total. The summed E-state index contributed by atoms with van der Waals surface area (Å²) in [4.78, 5) is 14.1. The molecule has 33 heavy (non-hydrogen) atoms. The number of aliphatic hydroxyl groups is 1. The van der Waals surface area contributed by atoms with Gasteiger partial charge in [-0.25, -0.2) is 4.98 Å². The van der Waals surface area contributed by atoms with Gasteiger partial charge < -0.3 is 9.84 Å². The van der Waals surface area contributed by atoms with Crippen LogP contribution in [0.25, 0.3) is 11.4 Å². The molecule has 7 heteroatoms. The number of aromatic nitrogens is 3. The third kappa shape index (κ3) is 4.47.